The van der Waals surface area contributed by atoms with Gasteiger partial charge >= 0.3 is 5.97 Å². The summed E-state index contributed by atoms with van der Waals surface area (Å²) in [7, 11) is 0. The van der Waals surface area contributed by atoms with Gasteiger partial charge in [0.2, 0.25) is 5.91 Å². The Bertz CT molecular complexity index is 310. The summed E-state index contributed by atoms with van der Waals surface area (Å²) in [4.78, 5) is 33.1. The molecule has 0 saturated heterocycles. The van der Waals surface area contributed by atoms with Gasteiger partial charge in [0.05, 0.1) is 0 Å². The molecule has 0 heterocycles. The molecular weight excluding hydrogens is 311 g/mol. The molecule has 1 radical (unpaired) electrons. The minimum absolute atomic E-state index is 0. The number of hydrogen-bond donors (Lipinski definition) is 2. The number of carbonyl (C=O) groups excluding carboxylic acids is 2. The first-order valence-electron chi connectivity index (χ1n) is 5.51. The van der Waals surface area contributed by atoms with Crippen molar-refractivity contribution in [2.24, 2.45) is 17.1 Å². The van der Waals surface area contributed by atoms with E-state index < -0.39 is 17.8 Å². The topological polar surface area (TPSA) is 97.5 Å². The number of carboxylic acids is 1. The molecule has 101 valence electrons. The number of primary amides is 1. The first kappa shape index (κ1) is 19.9. The van der Waals surface area contributed by atoms with Crippen LogP contribution in [0.25, 0.3) is 0 Å². The van der Waals surface area contributed by atoms with E-state index in [1.165, 1.54) is 6.42 Å². The van der Waals surface area contributed by atoms with Crippen LogP contribution in [0.15, 0.2) is 0 Å². The number of rotatable bonds is 7. The second-order valence-electron chi connectivity index (χ2n) is 5.21. The van der Waals surface area contributed by atoms with E-state index in [0.29, 0.717) is 0 Å². The number of hydrogen-bond acceptors (Lipinski definition) is 3. The van der Waals surface area contributed by atoms with Gasteiger partial charge in [0.1, 0.15) is 0 Å². The summed E-state index contributed by atoms with van der Waals surface area (Å²) >= 11 is 0. The van der Waals surface area contributed by atoms with Crippen LogP contribution in [0.5, 0.6) is 0 Å². The Balaban J connectivity index is 0. The summed E-state index contributed by atoms with van der Waals surface area (Å²) in [5.41, 5.74) is 4.88. The van der Waals surface area contributed by atoms with Crippen LogP contribution in [-0.4, -0.2) is 22.8 Å². The molecule has 0 saturated carbocycles. The second kappa shape index (κ2) is 8.65. The molecule has 5 nitrogen and oxygen atoms in total. The SMILES string of the molecule is CC(C)(C)[CH-]C(=O)CC(CCC(=O)O)C(N)=O.[Y]. The van der Waals surface area contributed by atoms with Crippen LogP contribution in [0.3, 0.4) is 0 Å². The van der Waals surface area contributed by atoms with E-state index in [2.05, 4.69) is 0 Å². The van der Waals surface area contributed by atoms with Crippen molar-refractivity contribution in [3.63, 3.8) is 0 Å². The monoisotopic (exact) mass is 331 g/mol. The zero-order chi connectivity index (χ0) is 13.6. The minimum atomic E-state index is -0.997. The third-order valence-corrected chi connectivity index (χ3v) is 2.15. The molecule has 1 atom stereocenters. The van der Waals surface area contributed by atoms with Crippen molar-refractivity contribution in [2.45, 2.75) is 40.0 Å². The molecule has 18 heavy (non-hydrogen) atoms. The van der Waals surface area contributed by atoms with Crippen molar-refractivity contribution < 1.29 is 52.2 Å². The molecule has 0 aromatic rings. The first-order valence-corrected chi connectivity index (χ1v) is 5.51. The Morgan fingerprint density at radius 2 is 1.78 bits per heavy atom. The average molecular weight is 331 g/mol. The normalized spacial score (nSPS) is 12.2. The maximum atomic E-state index is 11.6. The zero-order valence-electron chi connectivity index (χ0n) is 11.1. The van der Waals surface area contributed by atoms with Gasteiger partial charge in [-0.3, -0.25) is 9.59 Å². The molecule has 1 amide bonds. The molecule has 0 aliphatic carbocycles. The van der Waals surface area contributed by atoms with E-state index in [9.17, 15) is 14.4 Å². The van der Waals surface area contributed by atoms with Gasteiger partial charge in [0.15, 0.2) is 0 Å². The standard InChI is InChI=1S/C12H20NO4.Y/c1-12(2,3)7-9(14)6-8(11(13)17)4-5-10(15)16;/h7-8H,4-6H2,1-3H3,(H2,13,17)(H,15,16);/q-1;. The van der Waals surface area contributed by atoms with E-state index in [-0.39, 0.29) is 63.2 Å². The van der Waals surface area contributed by atoms with E-state index in [1.54, 1.807) is 0 Å². The Morgan fingerprint density at radius 3 is 2.11 bits per heavy atom. The van der Waals surface area contributed by atoms with Crippen LogP contribution in [0.1, 0.15) is 40.0 Å². The molecule has 0 fully saturated rings. The van der Waals surface area contributed by atoms with Gasteiger partial charge in [-0.15, -0.1) is 5.41 Å². The van der Waals surface area contributed by atoms with Crippen molar-refractivity contribution in [1.82, 2.24) is 0 Å². The van der Waals surface area contributed by atoms with Crippen molar-refractivity contribution >= 4 is 17.7 Å². The van der Waals surface area contributed by atoms with Gasteiger partial charge in [-0.1, -0.05) is 20.8 Å². The van der Waals surface area contributed by atoms with Crippen LogP contribution >= 0.6 is 0 Å². The van der Waals surface area contributed by atoms with Crippen molar-refractivity contribution in [3.8, 4) is 0 Å². The predicted molar refractivity (Wildman–Crippen MR) is 62.9 cm³/mol. The molecule has 0 rings (SSSR count). The molecular formula is C12H20NO4Y-. The van der Waals surface area contributed by atoms with Gasteiger partial charge in [-0.05, 0) is 12.8 Å². The molecule has 0 bridgehead atoms. The zero-order valence-corrected chi connectivity index (χ0v) is 13.9. The summed E-state index contributed by atoms with van der Waals surface area (Å²) in [6.07, 6.45) is 1.47. The summed E-state index contributed by atoms with van der Waals surface area (Å²) in [5.74, 6) is -2.49. The first-order chi connectivity index (χ1) is 7.61. The summed E-state index contributed by atoms with van der Waals surface area (Å²) in [5, 5.41) is 8.52. The van der Waals surface area contributed by atoms with Crippen LogP contribution in [0.4, 0.5) is 0 Å². The van der Waals surface area contributed by atoms with Gasteiger partial charge < -0.3 is 22.1 Å². The summed E-state index contributed by atoms with van der Waals surface area (Å²) in [6.45, 7) is 5.63. The van der Waals surface area contributed by atoms with E-state index >= 15 is 0 Å². The van der Waals surface area contributed by atoms with Crippen molar-refractivity contribution in [3.05, 3.63) is 6.42 Å². The van der Waals surface area contributed by atoms with Crippen molar-refractivity contribution in [1.29, 1.82) is 0 Å². The van der Waals surface area contributed by atoms with E-state index in [0.717, 1.165) is 0 Å². The number of nitrogens with two attached hydrogens (primary N) is 1. The number of ketones is 1. The fourth-order valence-electron chi connectivity index (χ4n) is 1.43. The third kappa shape index (κ3) is 10.7. The predicted octanol–water partition coefficient (Wildman–Crippen LogP) is 1.16. The molecule has 0 spiro atoms. The number of carbonyl (C=O) groups is 3. The van der Waals surface area contributed by atoms with E-state index in [1.807, 2.05) is 20.8 Å². The fraction of sp³-hybridized carbons (Fsp3) is 0.667. The molecule has 3 N–H and O–H groups in total. The second-order valence-corrected chi connectivity index (χ2v) is 5.21. The molecule has 6 heteroatoms. The van der Waals surface area contributed by atoms with Gasteiger partial charge in [0.25, 0.3) is 0 Å². The molecule has 1 unspecified atom stereocenters. The van der Waals surface area contributed by atoms with Crippen molar-refractivity contribution in [2.75, 3.05) is 0 Å². The smallest absolute Gasteiger partial charge is 0.303 e. The molecule has 0 aliphatic rings. The molecule has 0 aliphatic heterocycles. The Hall–Kier alpha value is -0.416. The van der Waals surface area contributed by atoms with E-state index in [4.69, 9.17) is 10.8 Å². The quantitative estimate of drug-likeness (QED) is 0.684. The third-order valence-electron chi connectivity index (χ3n) is 2.15. The molecule has 0 aromatic carbocycles. The number of aliphatic carboxylic acids is 1. The van der Waals surface area contributed by atoms with Crippen LogP contribution < -0.4 is 5.73 Å². The van der Waals surface area contributed by atoms with Gasteiger partial charge in [-0.2, -0.15) is 0 Å². The Labute approximate surface area is 133 Å². The number of Topliss-reactive ketones (excluding diaryl/α,β-unsaturated/α-hetero) is 1. The number of carboxylic acid groups (broad SMARTS) is 1. The maximum Gasteiger partial charge on any atom is 0.303 e. The Kier molecular flexibility index (Phi) is 9.56. The maximum absolute atomic E-state index is 11.6. The number of amides is 1. The minimum Gasteiger partial charge on any atom is -0.481 e. The van der Waals surface area contributed by atoms with Gasteiger partial charge in [0, 0.05) is 50.8 Å². The summed E-state index contributed by atoms with van der Waals surface area (Å²) in [6, 6.07) is 0. The Morgan fingerprint density at radius 1 is 1.28 bits per heavy atom. The fourth-order valence-corrected chi connectivity index (χ4v) is 1.43. The molecule has 0 aromatic heterocycles. The van der Waals surface area contributed by atoms with Crippen LogP contribution in [-0.2, 0) is 47.1 Å². The van der Waals surface area contributed by atoms with Crippen LogP contribution in [0, 0.1) is 17.8 Å². The van der Waals surface area contributed by atoms with Crippen LogP contribution in [0.2, 0.25) is 0 Å². The average Bonchev–Trinajstić information content (AvgIpc) is 2.08. The van der Waals surface area contributed by atoms with Gasteiger partial charge in [-0.25, -0.2) is 0 Å². The largest absolute Gasteiger partial charge is 0.481 e. The summed E-state index contributed by atoms with van der Waals surface area (Å²) < 4.78 is 0.